The Labute approximate surface area is 120 Å². The van der Waals surface area contributed by atoms with E-state index in [2.05, 4.69) is 6.92 Å². The Morgan fingerprint density at radius 2 is 2.15 bits per heavy atom. The fraction of sp³-hybridized carbons (Fsp3) is 0.562. The molecule has 1 amide bonds. The van der Waals surface area contributed by atoms with E-state index in [9.17, 15) is 4.79 Å². The first kappa shape index (κ1) is 14.9. The van der Waals surface area contributed by atoms with Crippen LogP contribution in [-0.4, -0.2) is 36.8 Å². The zero-order chi connectivity index (χ0) is 14.2. The van der Waals surface area contributed by atoms with Gasteiger partial charge in [0.2, 0.25) is 0 Å². The molecule has 0 unspecified atom stereocenters. The second-order valence-electron chi connectivity index (χ2n) is 5.12. The van der Waals surface area contributed by atoms with Crippen molar-refractivity contribution in [3.63, 3.8) is 0 Å². The van der Waals surface area contributed by atoms with E-state index in [0.29, 0.717) is 19.8 Å². The van der Waals surface area contributed by atoms with Gasteiger partial charge < -0.3 is 14.4 Å². The van der Waals surface area contributed by atoms with Crippen LogP contribution in [0.5, 0.6) is 0 Å². The monoisotopic (exact) mass is 277 g/mol. The highest BCUT2D eigenvalue weighted by molar-refractivity contribution is 5.68. The number of amides is 1. The van der Waals surface area contributed by atoms with Crippen LogP contribution >= 0.6 is 0 Å². The molecule has 1 aliphatic heterocycles. The summed E-state index contributed by atoms with van der Waals surface area (Å²) in [6.07, 6.45) is 2.76. The van der Waals surface area contributed by atoms with Gasteiger partial charge in [-0.15, -0.1) is 0 Å². The summed E-state index contributed by atoms with van der Waals surface area (Å²) >= 11 is 0. The molecule has 1 aliphatic rings. The highest BCUT2D eigenvalue weighted by Crippen LogP contribution is 2.15. The van der Waals surface area contributed by atoms with Crippen molar-refractivity contribution in [2.75, 3.05) is 19.7 Å². The van der Waals surface area contributed by atoms with Gasteiger partial charge in [0, 0.05) is 6.54 Å². The molecule has 0 N–H and O–H groups in total. The van der Waals surface area contributed by atoms with Gasteiger partial charge in [-0.05, 0) is 18.4 Å². The van der Waals surface area contributed by atoms with Crippen LogP contribution in [0.4, 0.5) is 4.79 Å². The molecule has 0 saturated carbocycles. The Morgan fingerprint density at radius 1 is 1.35 bits per heavy atom. The van der Waals surface area contributed by atoms with Gasteiger partial charge in [-0.2, -0.15) is 0 Å². The number of carbonyl (C=O) groups is 1. The predicted octanol–water partition coefficient (Wildman–Crippen LogP) is 3.21. The average molecular weight is 277 g/mol. The number of unbranched alkanes of at least 4 members (excludes halogenated alkanes) is 1. The summed E-state index contributed by atoms with van der Waals surface area (Å²) in [6.45, 7) is 4.56. The minimum Gasteiger partial charge on any atom is -0.449 e. The molecule has 110 valence electrons. The second kappa shape index (κ2) is 7.90. The topological polar surface area (TPSA) is 38.8 Å². The van der Waals surface area contributed by atoms with Gasteiger partial charge in [-0.1, -0.05) is 43.7 Å². The Balaban J connectivity index is 1.68. The SMILES string of the molecule is CCCCOC(=O)N1CC[C@@H](OCc2ccccc2)C1. The molecular formula is C16H23NO3. The minimum atomic E-state index is -0.204. The van der Waals surface area contributed by atoms with Crippen molar-refractivity contribution in [3.05, 3.63) is 35.9 Å². The van der Waals surface area contributed by atoms with Crippen molar-refractivity contribution in [1.29, 1.82) is 0 Å². The van der Waals surface area contributed by atoms with E-state index in [1.54, 1.807) is 4.90 Å². The number of rotatable bonds is 6. The molecule has 1 fully saturated rings. The predicted molar refractivity (Wildman–Crippen MR) is 77.5 cm³/mol. The third-order valence-electron chi connectivity index (χ3n) is 3.46. The van der Waals surface area contributed by atoms with E-state index in [1.165, 1.54) is 0 Å². The summed E-state index contributed by atoms with van der Waals surface area (Å²) in [4.78, 5) is 13.5. The Morgan fingerprint density at radius 3 is 2.90 bits per heavy atom. The number of nitrogens with zero attached hydrogens (tertiary/aromatic N) is 1. The van der Waals surface area contributed by atoms with Crippen LogP contribution in [-0.2, 0) is 16.1 Å². The maximum atomic E-state index is 11.8. The van der Waals surface area contributed by atoms with E-state index in [0.717, 1.165) is 31.4 Å². The molecule has 1 heterocycles. The molecule has 0 spiro atoms. The van der Waals surface area contributed by atoms with Crippen molar-refractivity contribution in [1.82, 2.24) is 4.90 Å². The van der Waals surface area contributed by atoms with Gasteiger partial charge in [0.1, 0.15) is 0 Å². The number of hydrogen-bond donors (Lipinski definition) is 0. The lowest BCUT2D eigenvalue weighted by Gasteiger charge is -2.16. The molecular weight excluding hydrogens is 254 g/mol. The summed E-state index contributed by atoms with van der Waals surface area (Å²) < 4.78 is 11.1. The first-order valence-corrected chi connectivity index (χ1v) is 7.37. The summed E-state index contributed by atoms with van der Waals surface area (Å²) in [5.74, 6) is 0. The van der Waals surface area contributed by atoms with E-state index in [-0.39, 0.29) is 12.2 Å². The van der Waals surface area contributed by atoms with Gasteiger partial charge >= 0.3 is 6.09 Å². The third-order valence-corrected chi connectivity index (χ3v) is 3.46. The maximum absolute atomic E-state index is 11.8. The Bertz CT molecular complexity index is 407. The fourth-order valence-electron chi connectivity index (χ4n) is 2.21. The molecule has 1 aromatic carbocycles. The molecule has 0 aromatic heterocycles. The van der Waals surface area contributed by atoms with Crippen LogP contribution in [0.1, 0.15) is 31.7 Å². The molecule has 1 atom stereocenters. The first-order chi connectivity index (χ1) is 9.79. The summed E-state index contributed by atoms with van der Waals surface area (Å²) in [6, 6.07) is 10.1. The van der Waals surface area contributed by atoms with Crippen molar-refractivity contribution < 1.29 is 14.3 Å². The summed E-state index contributed by atoms with van der Waals surface area (Å²) in [7, 11) is 0. The molecule has 0 aliphatic carbocycles. The highest BCUT2D eigenvalue weighted by atomic mass is 16.6. The molecule has 1 aromatic rings. The average Bonchev–Trinajstić information content (AvgIpc) is 2.95. The van der Waals surface area contributed by atoms with Crippen molar-refractivity contribution in [2.24, 2.45) is 0 Å². The fourth-order valence-corrected chi connectivity index (χ4v) is 2.21. The maximum Gasteiger partial charge on any atom is 0.409 e. The molecule has 20 heavy (non-hydrogen) atoms. The minimum absolute atomic E-state index is 0.119. The molecule has 1 saturated heterocycles. The number of carbonyl (C=O) groups excluding carboxylic acids is 1. The number of ether oxygens (including phenoxy) is 2. The lowest BCUT2D eigenvalue weighted by atomic mass is 10.2. The van der Waals surface area contributed by atoms with Gasteiger partial charge in [-0.3, -0.25) is 0 Å². The summed E-state index contributed by atoms with van der Waals surface area (Å²) in [5, 5.41) is 0. The van der Waals surface area contributed by atoms with E-state index < -0.39 is 0 Å². The summed E-state index contributed by atoms with van der Waals surface area (Å²) in [5.41, 5.74) is 1.16. The van der Waals surface area contributed by atoms with Crippen LogP contribution in [0.3, 0.4) is 0 Å². The highest BCUT2D eigenvalue weighted by Gasteiger charge is 2.27. The largest absolute Gasteiger partial charge is 0.449 e. The molecule has 4 nitrogen and oxygen atoms in total. The van der Waals surface area contributed by atoms with Gasteiger partial charge in [-0.25, -0.2) is 4.79 Å². The van der Waals surface area contributed by atoms with E-state index >= 15 is 0 Å². The van der Waals surface area contributed by atoms with E-state index in [4.69, 9.17) is 9.47 Å². The lowest BCUT2D eigenvalue weighted by molar-refractivity contribution is 0.0437. The van der Waals surface area contributed by atoms with Crippen LogP contribution < -0.4 is 0 Å². The normalized spacial score (nSPS) is 18.2. The van der Waals surface area contributed by atoms with Gasteiger partial charge in [0.05, 0.1) is 25.9 Å². The zero-order valence-corrected chi connectivity index (χ0v) is 12.1. The Hall–Kier alpha value is -1.55. The standard InChI is InChI=1S/C16H23NO3/c1-2-3-11-19-16(18)17-10-9-15(12-17)20-13-14-7-5-4-6-8-14/h4-8,15H,2-3,9-13H2,1H3/t15-/m1/s1. The lowest BCUT2D eigenvalue weighted by Crippen LogP contribution is -2.31. The van der Waals surface area contributed by atoms with Crippen LogP contribution in [0.25, 0.3) is 0 Å². The molecule has 2 rings (SSSR count). The Kier molecular flexibility index (Phi) is 5.87. The molecule has 0 bridgehead atoms. The van der Waals surface area contributed by atoms with Gasteiger partial charge in [0.15, 0.2) is 0 Å². The van der Waals surface area contributed by atoms with Crippen molar-refractivity contribution in [2.45, 2.75) is 38.9 Å². The smallest absolute Gasteiger partial charge is 0.409 e. The molecule has 0 radical (unpaired) electrons. The second-order valence-corrected chi connectivity index (χ2v) is 5.12. The number of likely N-dealkylation sites (tertiary alicyclic amines) is 1. The number of hydrogen-bond acceptors (Lipinski definition) is 3. The van der Waals surface area contributed by atoms with Gasteiger partial charge in [0.25, 0.3) is 0 Å². The molecule has 4 heteroatoms. The third kappa shape index (κ3) is 4.53. The van der Waals surface area contributed by atoms with Crippen molar-refractivity contribution in [3.8, 4) is 0 Å². The first-order valence-electron chi connectivity index (χ1n) is 7.37. The van der Waals surface area contributed by atoms with Crippen LogP contribution in [0.2, 0.25) is 0 Å². The van der Waals surface area contributed by atoms with Crippen LogP contribution in [0.15, 0.2) is 30.3 Å². The quantitative estimate of drug-likeness (QED) is 0.749. The number of benzene rings is 1. The van der Waals surface area contributed by atoms with Crippen LogP contribution in [0, 0.1) is 0 Å². The zero-order valence-electron chi connectivity index (χ0n) is 12.1. The van der Waals surface area contributed by atoms with E-state index in [1.807, 2.05) is 30.3 Å². The van der Waals surface area contributed by atoms with Crippen molar-refractivity contribution >= 4 is 6.09 Å².